The molecule has 19 heavy (non-hydrogen) atoms. The lowest BCUT2D eigenvalue weighted by molar-refractivity contribution is 0.0132. The van der Waals surface area contributed by atoms with Crippen molar-refractivity contribution in [1.82, 2.24) is 14.3 Å². The summed E-state index contributed by atoms with van der Waals surface area (Å²) in [4.78, 5) is 6.45. The number of ether oxygens (including phenoxy) is 1. The van der Waals surface area contributed by atoms with E-state index in [4.69, 9.17) is 4.74 Å². The highest BCUT2D eigenvalue weighted by Crippen LogP contribution is 2.30. The maximum absolute atomic E-state index is 12.3. The topological polar surface area (TPSA) is 75.3 Å². The third-order valence-corrected chi connectivity index (χ3v) is 5.49. The molecule has 0 spiro atoms. The molecule has 1 atom stereocenters. The zero-order valence-electron chi connectivity index (χ0n) is 10.8. The Balaban J connectivity index is 1.63. The van der Waals surface area contributed by atoms with Gasteiger partial charge < -0.3 is 9.72 Å². The van der Waals surface area contributed by atoms with Crippen LogP contribution in [0.15, 0.2) is 17.6 Å². The summed E-state index contributed by atoms with van der Waals surface area (Å²) in [6.07, 6.45) is 7.07. The Labute approximate surface area is 113 Å². The first-order valence-corrected chi connectivity index (χ1v) is 8.20. The summed E-state index contributed by atoms with van der Waals surface area (Å²) in [7, 11) is -3.44. The standard InChI is InChI=1S/C12H19N3O3S/c16-19(17,12-6-13-9-14-12)15-5-1-2-11(7-15)18-8-10-3-4-10/h6,9-11H,1-5,7-8H2,(H,13,14). The van der Waals surface area contributed by atoms with Crippen molar-refractivity contribution in [1.29, 1.82) is 0 Å². The minimum Gasteiger partial charge on any atom is -0.377 e. The molecule has 1 aliphatic carbocycles. The van der Waals surface area contributed by atoms with Crippen molar-refractivity contribution in [3.63, 3.8) is 0 Å². The number of aromatic amines is 1. The molecule has 0 amide bonds. The molecule has 1 saturated carbocycles. The van der Waals surface area contributed by atoms with Crippen LogP contribution < -0.4 is 0 Å². The monoisotopic (exact) mass is 285 g/mol. The number of rotatable bonds is 5. The van der Waals surface area contributed by atoms with E-state index in [9.17, 15) is 8.42 Å². The van der Waals surface area contributed by atoms with Crippen molar-refractivity contribution in [3.8, 4) is 0 Å². The molecule has 2 aliphatic rings. The average molecular weight is 285 g/mol. The van der Waals surface area contributed by atoms with Gasteiger partial charge in [-0.15, -0.1) is 0 Å². The number of nitrogens with one attached hydrogen (secondary N) is 1. The number of sulfonamides is 1. The number of imidazole rings is 1. The molecule has 106 valence electrons. The maximum atomic E-state index is 12.3. The molecule has 0 aromatic carbocycles. The van der Waals surface area contributed by atoms with Gasteiger partial charge >= 0.3 is 0 Å². The predicted molar refractivity (Wildman–Crippen MR) is 69.0 cm³/mol. The van der Waals surface area contributed by atoms with Crippen molar-refractivity contribution >= 4 is 10.0 Å². The fourth-order valence-corrected chi connectivity index (χ4v) is 3.75. The first-order valence-electron chi connectivity index (χ1n) is 6.76. The number of aromatic nitrogens is 2. The molecule has 1 saturated heterocycles. The molecule has 1 N–H and O–H groups in total. The predicted octanol–water partition coefficient (Wildman–Crippen LogP) is 0.989. The SMILES string of the molecule is O=S(=O)(c1cnc[nH]1)N1CCCC(OCC2CC2)C1. The quantitative estimate of drug-likeness (QED) is 0.875. The van der Waals surface area contributed by atoms with Crippen molar-refractivity contribution < 1.29 is 13.2 Å². The van der Waals surface area contributed by atoms with Gasteiger partial charge in [-0.25, -0.2) is 13.4 Å². The van der Waals surface area contributed by atoms with Crippen LogP contribution in [0.2, 0.25) is 0 Å². The van der Waals surface area contributed by atoms with E-state index in [1.165, 1.54) is 29.7 Å². The molecule has 7 heteroatoms. The Bertz CT molecular complexity index is 510. The zero-order valence-corrected chi connectivity index (χ0v) is 11.6. The van der Waals surface area contributed by atoms with Crippen molar-refractivity contribution in [2.75, 3.05) is 19.7 Å². The molecule has 0 radical (unpaired) electrons. The van der Waals surface area contributed by atoms with Gasteiger partial charge in [-0.05, 0) is 31.6 Å². The highest BCUT2D eigenvalue weighted by atomic mass is 32.2. The summed E-state index contributed by atoms with van der Waals surface area (Å²) >= 11 is 0. The Hall–Kier alpha value is -0.920. The normalized spacial score (nSPS) is 25.6. The van der Waals surface area contributed by atoms with E-state index >= 15 is 0 Å². The van der Waals surface area contributed by atoms with Crippen LogP contribution in [0.5, 0.6) is 0 Å². The molecule has 6 nitrogen and oxygen atoms in total. The van der Waals surface area contributed by atoms with Gasteiger partial charge in [0.25, 0.3) is 10.0 Å². The molecule has 1 aromatic rings. The van der Waals surface area contributed by atoms with Crippen LogP contribution in [-0.4, -0.2) is 48.5 Å². The van der Waals surface area contributed by atoms with Crippen LogP contribution >= 0.6 is 0 Å². The zero-order chi connectivity index (χ0) is 13.3. The molecule has 3 rings (SSSR count). The molecule has 1 unspecified atom stereocenters. The third-order valence-electron chi connectivity index (χ3n) is 3.70. The lowest BCUT2D eigenvalue weighted by Gasteiger charge is -2.31. The van der Waals surface area contributed by atoms with Gasteiger partial charge in [-0.2, -0.15) is 4.31 Å². The van der Waals surface area contributed by atoms with Crippen molar-refractivity contribution in [2.24, 2.45) is 5.92 Å². The largest absolute Gasteiger partial charge is 0.377 e. The van der Waals surface area contributed by atoms with Crippen LogP contribution in [0.1, 0.15) is 25.7 Å². The minimum absolute atomic E-state index is 0.0343. The van der Waals surface area contributed by atoms with Gasteiger partial charge in [0.15, 0.2) is 5.03 Å². The van der Waals surface area contributed by atoms with Crippen LogP contribution in [-0.2, 0) is 14.8 Å². The van der Waals surface area contributed by atoms with Gasteiger partial charge in [0.2, 0.25) is 0 Å². The van der Waals surface area contributed by atoms with Crippen LogP contribution in [0.4, 0.5) is 0 Å². The van der Waals surface area contributed by atoms with Crippen LogP contribution in [0.25, 0.3) is 0 Å². The van der Waals surface area contributed by atoms with Crippen LogP contribution in [0.3, 0.4) is 0 Å². The van der Waals surface area contributed by atoms with Crippen molar-refractivity contribution in [3.05, 3.63) is 12.5 Å². The third kappa shape index (κ3) is 2.98. The van der Waals surface area contributed by atoms with Gasteiger partial charge in [0.1, 0.15) is 0 Å². The Morgan fingerprint density at radius 3 is 2.95 bits per heavy atom. The second kappa shape index (κ2) is 5.22. The minimum atomic E-state index is -3.44. The van der Waals surface area contributed by atoms with Gasteiger partial charge in [0, 0.05) is 19.7 Å². The molecule has 2 fully saturated rings. The van der Waals surface area contributed by atoms with Gasteiger partial charge in [0.05, 0.1) is 18.6 Å². The average Bonchev–Trinajstić information content (AvgIpc) is 3.07. The molecular formula is C12H19N3O3S. The van der Waals surface area contributed by atoms with E-state index < -0.39 is 10.0 Å². The second-order valence-electron chi connectivity index (χ2n) is 5.32. The summed E-state index contributed by atoms with van der Waals surface area (Å²) in [6, 6.07) is 0. The van der Waals surface area contributed by atoms with Crippen molar-refractivity contribution in [2.45, 2.75) is 36.8 Å². The molecular weight excluding hydrogens is 266 g/mol. The fraction of sp³-hybridized carbons (Fsp3) is 0.750. The first kappa shape index (κ1) is 13.1. The molecule has 2 heterocycles. The van der Waals surface area contributed by atoms with E-state index in [1.807, 2.05) is 0 Å². The first-order chi connectivity index (χ1) is 9.16. The summed E-state index contributed by atoms with van der Waals surface area (Å²) in [5, 5.41) is 0.162. The second-order valence-corrected chi connectivity index (χ2v) is 7.23. The fourth-order valence-electron chi connectivity index (χ4n) is 2.34. The lowest BCUT2D eigenvalue weighted by Crippen LogP contribution is -2.43. The van der Waals surface area contributed by atoms with Gasteiger partial charge in [-0.1, -0.05) is 0 Å². The summed E-state index contributed by atoms with van der Waals surface area (Å²) in [5.74, 6) is 0.708. The van der Waals surface area contributed by atoms with E-state index in [-0.39, 0.29) is 11.1 Å². The lowest BCUT2D eigenvalue weighted by atomic mass is 10.1. The van der Waals surface area contributed by atoms with Gasteiger partial charge in [-0.3, -0.25) is 0 Å². The highest BCUT2D eigenvalue weighted by molar-refractivity contribution is 7.89. The number of hydrogen-bond donors (Lipinski definition) is 1. The van der Waals surface area contributed by atoms with E-state index in [0.717, 1.165) is 19.4 Å². The number of nitrogens with zero attached hydrogens (tertiary/aromatic N) is 2. The van der Waals surface area contributed by atoms with E-state index in [2.05, 4.69) is 9.97 Å². The molecule has 0 bridgehead atoms. The maximum Gasteiger partial charge on any atom is 0.260 e. The Morgan fingerprint density at radius 1 is 1.42 bits per heavy atom. The highest BCUT2D eigenvalue weighted by Gasteiger charge is 2.32. The van der Waals surface area contributed by atoms with Crippen LogP contribution in [0, 0.1) is 5.92 Å². The number of piperidine rings is 1. The number of hydrogen-bond acceptors (Lipinski definition) is 4. The Morgan fingerprint density at radius 2 is 2.26 bits per heavy atom. The molecule has 1 aliphatic heterocycles. The number of H-pyrrole nitrogens is 1. The summed E-state index contributed by atoms with van der Waals surface area (Å²) in [5.41, 5.74) is 0. The smallest absolute Gasteiger partial charge is 0.260 e. The van der Waals surface area contributed by atoms with E-state index in [0.29, 0.717) is 19.0 Å². The summed E-state index contributed by atoms with van der Waals surface area (Å²) < 4.78 is 32.0. The summed E-state index contributed by atoms with van der Waals surface area (Å²) in [6.45, 7) is 1.79. The molecule has 1 aromatic heterocycles. The van der Waals surface area contributed by atoms with E-state index in [1.54, 1.807) is 0 Å². The Kier molecular flexibility index (Phi) is 3.60.